The van der Waals surface area contributed by atoms with Gasteiger partial charge >= 0.3 is 0 Å². The predicted octanol–water partition coefficient (Wildman–Crippen LogP) is 4.60. The topological polar surface area (TPSA) is 53.8 Å². The molecule has 2 aromatic carbocycles. The van der Waals surface area contributed by atoms with Crippen LogP contribution in [0.5, 0.6) is 0 Å². The van der Waals surface area contributed by atoms with E-state index in [1.54, 1.807) is 47.4 Å². The number of hydrogen-bond acceptors (Lipinski definition) is 4. The van der Waals surface area contributed by atoms with Gasteiger partial charge in [0.05, 0.1) is 27.0 Å². The van der Waals surface area contributed by atoms with Gasteiger partial charge in [0.15, 0.2) is 5.43 Å². The van der Waals surface area contributed by atoms with Crippen molar-refractivity contribution < 1.29 is 9.21 Å². The average molecular weight is 431 g/mol. The summed E-state index contributed by atoms with van der Waals surface area (Å²) < 4.78 is 5.90. The lowest BCUT2D eigenvalue weighted by Crippen LogP contribution is -2.32. The minimum absolute atomic E-state index is 0.106. The van der Waals surface area contributed by atoms with E-state index in [1.807, 2.05) is 14.1 Å². The Morgan fingerprint density at radius 1 is 1.07 bits per heavy atom. The molecule has 1 aliphatic heterocycles. The first kappa shape index (κ1) is 20.0. The Balaban J connectivity index is 1.88. The van der Waals surface area contributed by atoms with E-state index in [4.69, 9.17) is 27.6 Å². The van der Waals surface area contributed by atoms with Gasteiger partial charge < -0.3 is 14.2 Å². The van der Waals surface area contributed by atoms with Crippen LogP contribution in [0, 0.1) is 0 Å². The maximum Gasteiger partial charge on any atom is 0.290 e. The normalized spacial score (nSPS) is 16.1. The zero-order valence-corrected chi connectivity index (χ0v) is 17.6. The fourth-order valence-corrected chi connectivity index (χ4v) is 4.09. The fraction of sp³-hybridized carbons (Fsp3) is 0.273. The van der Waals surface area contributed by atoms with E-state index in [1.165, 1.54) is 0 Å². The molecule has 0 spiro atoms. The largest absolute Gasteiger partial charge is 0.450 e. The third-order valence-electron chi connectivity index (χ3n) is 5.14. The summed E-state index contributed by atoms with van der Waals surface area (Å²) in [5.74, 6) is -0.174. The number of amides is 1. The predicted molar refractivity (Wildman–Crippen MR) is 115 cm³/mol. The first-order valence-electron chi connectivity index (χ1n) is 9.35. The van der Waals surface area contributed by atoms with Gasteiger partial charge in [0.2, 0.25) is 5.76 Å². The van der Waals surface area contributed by atoms with Gasteiger partial charge in [0.1, 0.15) is 5.58 Å². The van der Waals surface area contributed by atoms with Crippen molar-refractivity contribution in [3.05, 3.63) is 79.6 Å². The van der Waals surface area contributed by atoms with Gasteiger partial charge in [-0.15, -0.1) is 0 Å². The Labute approximate surface area is 178 Å². The minimum atomic E-state index is -0.560. The first-order chi connectivity index (χ1) is 13.9. The van der Waals surface area contributed by atoms with E-state index < -0.39 is 6.04 Å². The molecule has 1 aromatic heterocycles. The van der Waals surface area contributed by atoms with Crippen molar-refractivity contribution in [2.24, 2.45) is 0 Å². The summed E-state index contributed by atoms with van der Waals surface area (Å²) in [6.45, 7) is 1.31. The van der Waals surface area contributed by atoms with Crippen LogP contribution in [0.4, 0.5) is 0 Å². The Bertz CT molecular complexity index is 1160. The van der Waals surface area contributed by atoms with Crippen LogP contribution in [0.2, 0.25) is 10.0 Å². The van der Waals surface area contributed by atoms with Crippen molar-refractivity contribution in [1.29, 1.82) is 0 Å². The second-order valence-corrected chi connectivity index (χ2v) is 8.22. The van der Waals surface area contributed by atoms with Crippen LogP contribution in [-0.2, 0) is 0 Å². The molecule has 0 radical (unpaired) electrons. The van der Waals surface area contributed by atoms with E-state index in [0.29, 0.717) is 33.1 Å². The Hall–Kier alpha value is -2.34. The summed E-state index contributed by atoms with van der Waals surface area (Å²) in [6.07, 6.45) is 0.762. The zero-order valence-electron chi connectivity index (χ0n) is 16.1. The highest BCUT2D eigenvalue weighted by Crippen LogP contribution is 2.39. The van der Waals surface area contributed by atoms with Crippen molar-refractivity contribution in [3.63, 3.8) is 0 Å². The number of benzene rings is 2. The third kappa shape index (κ3) is 3.54. The highest BCUT2D eigenvalue weighted by molar-refractivity contribution is 6.42. The molecular weight excluding hydrogens is 411 g/mol. The average Bonchev–Trinajstić information content (AvgIpc) is 2.96. The molecule has 29 heavy (non-hydrogen) atoms. The molecule has 0 N–H and O–H groups in total. The second-order valence-electron chi connectivity index (χ2n) is 7.40. The zero-order chi connectivity index (χ0) is 20.7. The Morgan fingerprint density at radius 2 is 1.83 bits per heavy atom. The first-order valence-corrected chi connectivity index (χ1v) is 10.1. The molecule has 7 heteroatoms. The molecule has 0 saturated heterocycles. The number of para-hydroxylation sites is 1. The molecule has 1 amide bonds. The molecule has 0 unspecified atom stereocenters. The van der Waals surface area contributed by atoms with E-state index in [2.05, 4.69) is 4.90 Å². The smallest absolute Gasteiger partial charge is 0.290 e. The molecule has 4 rings (SSSR count). The van der Waals surface area contributed by atoms with Gasteiger partial charge in [-0.3, -0.25) is 9.59 Å². The van der Waals surface area contributed by atoms with Crippen molar-refractivity contribution in [2.45, 2.75) is 12.5 Å². The number of nitrogens with zero attached hydrogens (tertiary/aromatic N) is 2. The van der Waals surface area contributed by atoms with Crippen molar-refractivity contribution >= 4 is 40.1 Å². The maximum atomic E-state index is 13.3. The highest BCUT2D eigenvalue weighted by Gasteiger charge is 2.42. The molecule has 0 saturated carbocycles. The van der Waals surface area contributed by atoms with E-state index in [9.17, 15) is 9.59 Å². The van der Waals surface area contributed by atoms with Gasteiger partial charge in [-0.05, 0) is 56.9 Å². The van der Waals surface area contributed by atoms with Crippen LogP contribution in [0.1, 0.15) is 34.1 Å². The van der Waals surface area contributed by atoms with E-state index in [-0.39, 0.29) is 17.1 Å². The van der Waals surface area contributed by atoms with Crippen LogP contribution in [0.25, 0.3) is 11.0 Å². The summed E-state index contributed by atoms with van der Waals surface area (Å²) in [6, 6.07) is 11.6. The standard InChI is InChI=1S/C22H20Cl2N2O3/c1-25(2)10-5-11-26-19(13-8-9-15(23)16(24)12-13)18-20(27)14-6-3-4-7-17(14)29-21(18)22(26)28/h3-4,6-9,12,19H,5,10-11H2,1-2H3/t19-/m1/s1. The molecule has 0 aliphatic carbocycles. The molecular formula is C22H20Cl2N2O3. The molecule has 1 atom stereocenters. The third-order valence-corrected chi connectivity index (χ3v) is 5.88. The number of carbonyl (C=O) groups is 1. The van der Waals surface area contributed by atoms with Crippen LogP contribution < -0.4 is 5.43 Å². The Morgan fingerprint density at radius 3 is 2.55 bits per heavy atom. The molecule has 1 aliphatic rings. The molecule has 3 aromatic rings. The number of hydrogen-bond donors (Lipinski definition) is 0. The SMILES string of the molecule is CN(C)CCCN1C(=O)c2oc3ccccc3c(=O)c2[C@H]1c1ccc(Cl)c(Cl)c1. The van der Waals surface area contributed by atoms with Crippen LogP contribution in [0.3, 0.4) is 0 Å². The van der Waals surface area contributed by atoms with Gasteiger partial charge in [-0.25, -0.2) is 0 Å². The lowest BCUT2D eigenvalue weighted by molar-refractivity contribution is 0.0722. The quantitative estimate of drug-likeness (QED) is 0.593. The van der Waals surface area contributed by atoms with Gasteiger partial charge in [0, 0.05) is 6.54 Å². The van der Waals surface area contributed by atoms with Gasteiger partial charge in [-0.2, -0.15) is 0 Å². The van der Waals surface area contributed by atoms with E-state index >= 15 is 0 Å². The lowest BCUT2D eigenvalue weighted by atomic mass is 9.98. The van der Waals surface area contributed by atoms with Gasteiger partial charge in [0.25, 0.3) is 5.91 Å². The number of halogens is 2. The molecule has 5 nitrogen and oxygen atoms in total. The van der Waals surface area contributed by atoms with Crippen molar-refractivity contribution in [1.82, 2.24) is 9.80 Å². The van der Waals surface area contributed by atoms with Crippen LogP contribution in [-0.4, -0.2) is 42.9 Å². The number of rotatable bonds is 5. The monoisotopic (exact) mass is 430 g/mol. The van der Waals surface area contributed by atoms with Crippen LogP contribution in [0.15, 0.2) is 51.7 Å². The second kappa shape index (κ2) is 7.82. The summed E-state index contributed by atoms with van der Waals surface area (Å²) in [5, 5.41) is 1.26. The summed E-state index contributed by atoms with van der Waals surface area (Å²) in [5.41, 5.74) is 1.31. The van der Waals surface area contributed by atoms with Crippen LogP contribution >= 0.6 is 23.2 Å². The van der Waals surface area contributed by atoms with Crippen molar-refractivity contribution in [3.8, 4) is 0 Å². The van der Waals surface area contributed by atoms with Crippen molar-refractivity contribution in [2.75, 3.05) is 27.2 Å². The summed E-state index contributed by atoms with van der Waals surface area (Å²) in [4.78, 5) is 30.3. The molecule has 150 valence electrons. The maximum absolute atomic E-state index is 13.3. The number of fused-ring (bicyclic) bond motifs is 2. The molecule has 0 bridgehead atoms. The Kier molecular flexibility index (Phi) is 5.38. The summed E-state index contributed by atoms with van der Waals surface area (Å²) in [7, 11) is 3.96. The lowest BCUT2D eigenvalue weighted by Gasteiger charge is -2.26. The minimum Gasteiger partial charge on any atom is -0.450 e. The fourth-order valence-electron chi connectivity index (χ4n) is 3.78. The van der Waals surface area contributed by atoms with E-state index in [0.717, 1.165) is 18.5 Å². The summed E-state index contributed by atoms with van der Waals surface area (Å²) >= 11 is 12.3. The number of carbonyl (C=O) groups excluding carboxylic acids is 1. The highest BCUT2D eigenvalue weighted by atomic mass is 35.5. The molecule has 0 fully saturated rings. The molecule has 2 heterocycles. The van der Waals surface area contributed by atoms with Gasteiger partial charge in [-0.1, -0.05) is 41.4 Å².